The molecule has 2 unspecified atom stereocenters. The SMILES string of the molecule is COC(C)c1nc(C)c(C(=O)N2CCCC2c2csc(C)n2)s1. The summed E-state index contributed by atoms with van der Waals surface area (Å²) in [5, 5.41) is 3.97. The van der Waals surface area contributed by atoms with Crippen LogP contribution < -0.4 is 0 Å². The van der Waals surface area contributed by atoms with E-state index in [4.69, 9.17) is 4.74 Å². The van der Waals surface area contributed by atoms with Crippen molar-refractivity contribution in [3.05, 3.63) is 31.7 Å². The summed E-state index contributed by atoms with van der Waals surface area (Å²) in [7, 11) is 1.66. The number of hydrogen-bond donors (Lipinski definition) is 0. The zero-order chi connectivity index (χ0) is 16.6. The third-order valence-electron chi connectivity index (χ3n) is 4.20. The molecule has 3 heterocycles. The Hall–Kier alpha value is -1.31. The minimum absolute atomic E-state index is 0.0720. The van der Waals surface area contributed by atoms with Crippen LogP contribution in [-0.4, -0.2) is 34.4 Å². The van der Waals surface area contributed by atoms with E-state index in [9.17, 15) is 4.79 Å². The van der Waals surface area contributed by atoms with Crippen molar-refractivity contribution in [1.29, 1.82) is 0 Å². The molecule has 2 aromatic rings. The maximum atomic E-state index is 13.0. The molecule has 0 aliphatic carbocycles. The van der Waals surface area contributed by atoms with E-state index < -0.39 is 0 Å². The highest BCUT2D eigenvalue weighted by atomic mass is 32.1. The zero-order valence-electron chi connectivity index (χ0n) is 13.8. The number of aromatic nitrogens is 2. The maximum absolute atomic E-state index is 13.0. The van der Waals surface area contributed by atoms with E-state index in [1.165, 1.54) is 11.3 Å². The molecule has 124 valence electrons. The van der Waals surface area contributed by atoms with Crippen LogP contribution in [0, 0.1) is 13.8 Å². The summed E-state index contributed by atoms with van der Waals surface area (Å²) in [5.74, 6) is 0.0720. The number of thiazole rings is 2. The maximum Gasteiger partial charge on any atom is 0.266 e. The molecular weight excluding hydrogens is 330 g/mol. The van der Waals surface area contributed by atoms with Gasteiger partial charge in [0, 0.05) is 19.0 Å². The first-order valence-electron chi connectivity index (χ1n) is 7.74. The smallest absolute Gasteiger partial charge is 0.266 e. The lowest BCUT2D eigenvalue weighted by Gasteiger charge is -2.23. The van der Waals surface area contributed by atoms with Crippen molar-refractivity contribution >= 4 is 28.6 Å². The second kappa shape index (κ2) is 6.67. The Morgan fingerprint density at radius 1 is 1.43 bits per heavy atom. The fourth-order valence-corrected chi connectivity index (χ4v) is 4.58. The highest BCUT2D eigenvalue weighted by Crippen LogP contribution is 2.35. The van der Waals surface area contributed by atoms with Crippen LogP contribution in [0.5, 0.6) is 0 Å². The Labute approximate surface area is 144 Å². The van der Waals surface area contributed by atoms with E-state index >= 15 is 0 Å². The summed E-state index contributed by atoms with van der Waals surface area (Å²) in [4.78, 5) is 24.8. The molecule has 1 saturated heterocycles. The number of ether oxygens (including phenoxy) is 1. The monoisotopic (exact) mass is 351 g/mol. The van der Waals surface area contributed by atoms with Gasteiger partial charge in [0.15, 0.2) is 0 Å². The number of hydrogen-bond acceptors (Lipinski definition) is 6. The van der Waals surface area contributed by atoms with Crippen molar-refractivity contribution in [2.45, 2.75) is 45.8 Å². The Morgan fingerprint density at radius 3 is 2.87 bits per heavy atom. The average Bonchev–Trinajstić information content (AvgIpc) is 3.24. The number of methoxy groups -OCH3 is 1. The van der Waals surface area contributed by atoms with Crippen LogP contribution in [0.1, 0.15) is 63.0 Å². The van der Waals surface area contributed by atoms with Gasteiger partial charge in [-0.25, -0.2) is 9.97 Å². The van der Waals surface area contributed by atoms with Crippen LogP contribution in [-0.2, 0) is 4.74 Å². The molecule has 0 N–H and O–H groups in total. The predicted octanol–water partition coefficient (Wildman–Crippen LogP) is 3.90. The number of rotatable bonds is 4. The van der Waals surface area contributed by atoms with Gasteiger partial charge < -0.3 is 9.64 Å². The largest absolute Gasteiger partial charge is 0.375 e. The normalized spacial score (nSPS) is 19.3. The number of amides is 1. The van der Waals surface area contributed by atoms with Gasteiger partial charge in [0.2, 0.25) is 0 Å². The van der Waals surface area contributed by atoms with Crippen LogP contribution >= 0.6 is 22.7 Å². The second-order valence-corrected chi connectivity index (χ2v) is 7.89. The Morgan fingerprint density at radius 2 is 2.22 bits per heavy atom. The molecule has 3 rings (SSSR count). The van der Waals surface area contributed by atoms with Gasteiger partial charge in [-0.2, -0.15) is 0 Å². The first-order valence-corrected chi connectivity index (χ1v) is 9.44. The van der Waals surface area contributed by atoms with E-state index in [0.29, 0.717) is 0 Å². The summed E-state index contributed by atoms with van der Waals surface area (Å²) in [5.41, 5.74) is 1.81. The molecule has 0 saturated carbocycles. The van der Waals surface area contributed by atoms with E-state index in [1.807, 2.05) is 25.7 Å². The van der Waals surface area contributed by atoms with Crippen molar-refractivity contribution in [3.8, 4) is 0 Å². The van der Waals surface area contributed by atoms with Crippen molar-refractivity contribution in [2.24, 2.45) is 0 Å². The quantitative estimate of drug-likeness (QED) is 0.838. The lowest BCUT2D eigenvalue weighted by atomic mass is 10.1. The molecule has 1 aliphatic heterocycles. The molecule has 7 heteroatoms. The number of nitrogens with zero attached hydrogens (tertiary/aromatic N) is 3. The molecule has 2 atom stereocenters. The van der Waals surface area contributed by atoms with Gasteiger partial charge in [0.1, 0.15) is 16.0 Å². The van der Waals surface area contributed by atoms with Crippen molar-refractivity contribution in [2.75, 3.05) is 13.7 Å². The molecule has 1 fully saturated rings. The fraction of sp³-hybridized carbons (Fsp3) is 0.562. The highest BCUT2D eigenvalue weighted by Gasteiger charge is 2.34. The summed E-state index contributed by atoms with van der Waals surface area (Å²) in [6.45, 7) is 6.63. The molecule has 0 spiro atoms. The van der Waals surface area contributed by atoms with E-state index in [0.717, 1.165) is 45.7 Å². The minimum atomic E-state index is -0.0872. The van der Waals surface area contributed by atoms with Crippen molar-refractivity contribution in [1.82, 2.24) is 14.9 Å². The molecule has 5 nitrogen and oxygen atoms in total. The molecule has 2 aromatic heterocycles. The predicted molar refractivity (Wildman–Crippen MR) is 92.1 cm³/mol. The number of carbonyl (C=O) groups is 1. The van der Waals surface area contributed by atoms with Crippen LogP contribution in [0.25, 0.3) is 0 Å². The van der Waals surface area contributed by atoms with Crippen molar-refractivity contribution in [3.63, 3.8) is 0 Å². The first-order chi connectivity index (χ1) is 11.0. The third-order valence-corrected chi connectivity index (χ3v) is 6.30. The van der Waals surface area contributed by atoms with E-state index in [-0.39, 0.29) is 18.1 Å². The van der Waals surface area contributed by atoms with Crippen LogP contribution in [0.15, 0.2) is 5.38 Å². The van der Waals surface area contributed by atoms with Gasteiger partial charge in [0.25, 0.3) is 5.91 Å². The van der Waals surface area contributed by atoms with Gasteiger partial charge >= 0.3 is 0 Å². The van der Waals surface area contributed by atoms with Crippen molar-refractivity contribution < 1.29 is 9.53 Å². The fourth-order valence-electron chi connectivity index (χ4n) is 2.87. The van der Waals surface area contributed by atoms with E-state index in [2.05, 4.69) is 15.3 Å². The molecular formula is C16H21N3O2S2. The molecule has 23 heavy (non-hydrogen) atoms. The molecule has 0 bridgehead atoms. The topological polar surface area (TPSA) is 55.3 Å². The summed E-state index contributed by atoms with van der Waals surface area (Å²) in [6, 6.07) is 0.0947. The first kappa shape index (κ1) is 16.5. The van der Waals surface area contributed by atoms with E-state index in [1.54, 1.807) is 18.4 Å². The van der Waals surface area contributed by atoms with Gasteiger partial charge in [-0.15, -0.1) is 22.7 Å². The lowest BCUT2D eigenvalue weighted by molar-refractivity contribution is 0.0737. The second-order valence-electron chi connectivity index (χ2n) is 5.79. The highest BCUT2D eigenvalue weighted by molar-refractivity contribution is 7.13. The molecule has 1 amide bonds. The Bertz CT molecular complexity index is 710. The number of carbonyl (C=O) groups excluding carboxylic acids is 1. The lowest BCUT2D eigenvalue weighted by Crippen LogP contribution is -2.30. The van der Waals surface area contributed by atoms with Gasteiger partial charge in [-0.3, -0.25) is 4.79 Å². The molecule has 0 radical (unpaired) electrons. The number of likely N-dealkylation sites (tertiary alicyclic amines) is 1. The van der Waals surface area contributed by atoms with Crippen LogP contribution in [0.3, 0.4) is 0 Å². The zero-order valence-corrected chi connectivity index (χ0v) is 15.5. The number of aryl methyl sites for hydroxylation is 2. The third kappa shape index (κ3) is 3.18. The van der Waals surface area contributed by atoms with Gasteiger partial charge in [-0.1, -0.05) is 0 Å². The summed E-state index contributed by atoms with van der Waals surface area (Å²) >= 11 is 3.08. The molecule has 1 aliphatic rings. The molecule has 0 aromatic carbocycles. The minimum Gasteiger partial charge on any atom is -0.375 e. The Balaban J connectivity index is 1.86. The van der Waals surface area contributed by atoms with Gasteiger partial charge in [-0.05, 0) is 33.6 Å². The summed E-state index contributed by atoms with van der Waals surface area (Å²) in [6.07, 6.45) is 1.91. The Kier molecular flexibility index (Phi) is 4.79. The van der Waals surface area contributed by atoms with Gasteiger partial charge in [0.05, 0.1) is 22.4 Å². The van der Waals surface area contributed by atoms with Crippen LogP contribution in [0.2, 0.25) is 0 Å². The van der Waals surface area contributed by atoms with Crippen LogP contribution in [0.4, 0.5) is 0 Å². The average molecular weight is 351 g/mol. The standard InChI is InChI=1S/C16H21N3O2S2/c1-9-14(23-15(17-9)10(2)21-4)16(20)19-7-5-6-13(19)12-8-22-11(3)18-12/h8,10,13H,5-7H2,1-4H3. The summed E-state index contributed by atoms with van der Waals surface area (Å²) < 4.78 is 5.32.